The molecule has 0 spiro atoms. The van der Waals surface area contributed by atoms with Crippen molar-refractivity contribution in [3.63, 3.8) is 0 Å². The van der Waals surface area contributed by atoms with Gasteiger partial charge in [-0.05, 0) is 23.8 Å². The monoisotopic (exact) mass is 324 g/mol. The van der Waals surface area contributed by atoms with Gasteiger partial charge in [-0.15, -0.1) is 0 Å². The van der Waals surface area contributed by atoms with E-state index >= 15 is 0 Å². The zero-order valence-corrected chi connectivity index (χ0v) is 13.1. The molecule has 0 unspecified atom stereocenters. The Hall–Kier alpha value is -3.29. The first kappa shape index (κ1) is 15.6. The number of pyridine rings is 1. The zero-order chi connectivity index (χ0) is 16.9. The van der Waals surface area contributed by atoms with Crippen molar-refractivity contribution >= 4 is 5.91 Å². The van der Waals surface area contributed by atoms with Crippen molar-refractivity contribution in [1.82, 2.24) is 29.9 Å². The third-order valence-electron chi connectivity index (χ3n) is 3.39. The number of hydrogen-bond acceptors (Lipinski definition) is 5. The van der Waals surface area contributed by atoms with Crippen LogP contribution in [-0.2, 0) is 24.9 Å². The van der Waals surface area contributed by atoms with Crippen molar-refractivity contribution in [2.24, 2.45) is 7.05 Å². The van der Waals surface area contributed by atoms with Crippen molar-refractivity contribution in [1.29, 1.82) is 0 Å². The number of nitrogens with one attached hydrogen (secondary N) is 1. The number of carbonyl (C=O) groups is 1. The lowest BCUT2D eigenvalue weighted by Crippen LogP contribution is -2.32. The summed E-state index contributed by atoms with van der Waals surface area (Å²) in [6, 6.07) is 6.62. The second-order valence-corrected chi connectivity index (χ2v) is 5.25. The minimum Gasteiger partial charge on any atom is -0.350 e. The summed E-state index contributed by atoms with van der Waals surface area (Å²) in [7, 11) is 1.84. The molecule has 3 rings (SSSR count). The highest BCUT2D eigenvalue weighted by Crippen LogP contribution is 2.16. The predicted molar refractivity (Wildman–Crippen MR) is 86.8 cm³/mol. The standard InChI is InChI=1S/C16H16N6O2/c1-21-10-13(9-20-21)14-7-12(4-6-17-14)8-18-15(23)11-22-16(24)3-2-5-19-22/h2-7,9-10H,8,11H2,1H3,(H,18,23). The average molecular weight is 324 g/mol. The van der Waals surface area contributed by atoms with E-state index in [1.807, 2.05) is 25.4 Å². The first-order chi connectivity index (χ1) is 11.6. The minimum absolute atomic E-state index is 0.111. The Morgan fingerprint density at radius 2 is 2.12 bits per heavy atom. The average Bonchev–Trinajstić information content (AvgIpc) is 3.02. The molecule has 24 heavy (non-hydrogen) atoms. The molecular formula is C16H16N6O2. The number of aryl methyl sites for hydroxylation is 1. The maximum atomic E-state index is 12.0. The Labute approximate surface area is 137 Å². The summed E-state index contributed by atoms with van der Waals surface area (Å²) in [5.74, 6) is -0.282. The largest absolute Gasteiger partial charge is 0.350 e. The van der Waals surface area contributed by atoms with E-state index in [1.165, 1.54) is 18.3 Å². The van der Waals surface area contributed by atoms with Gasteiger partial charge in [0.1, 0.15) is 6.54 Å². The lowest BCUT2D eigenvalue weighted by Gasteiger charge is -2.07. The molecule has 3 aromatic rings. The highest BCUT2D eigenvalue weighted by molar-refractivity contribution is 5.75. The van der Waals surface area contributed by atoms with Crippen LogP contribution in [0, 0.1) is 0 Å². The van der Waals surface area contributed by atoms with Gasteiger partial charge in [0.05, 0.1) is 11.9 Å². The Balaban J connectivity index is 1.63. The minimum atomic E-state index is -0.310. The van der Waals surface area contributed by atoms with Crippen molar-refractivity contribution in [3.05, 3.63) is 65.0 Å². The zero-order valence-electron chi connectivity index (χ0n) is 13.1. The van der Waals surface area contributed by atoms with E-state index in [4.69, 9.17) is 0 Å². The summed E-state index contributed by atoms with van der Waals surface area (Å²) in [6.45, 7) is 0.233. The number of aromatic nitrogens is 5. The summed E-state index contributed by atoms with van der Waals surface area (Å²) in [5, 5.41) is 10.7. The topological polar surface area (TPSA) is 94.7 Å². The molecule has 0 bridgehead atoms. The van der Waals surface area contributed by atoms with Crippen LogP contribution in [-0.4, -0.2) is 30.5 Å². The fourth-order valence-corrected chi connectivity index (χ4v) is 2.19. The number of carbonyl (C=O) groups excluding carboxylic acids is 1. The van der Waals surface area contributed by atoms with Crippen LogP contribution in [0.25, 0.3) is 11.3 Å². The van der Waals surface area contributed by atoms with Crippen LogP contribution in [0.3, 0.4) is 0 Å². The fraction of sp³-hybridized carbons (Fsp3) is 0.188. The lowest BCUT2D eigenvalue weighted by molar-refractivity contribution is -0.122. The van der Waals surface area contributed by atoms with E-state index in [9.17, 15) is 9.59 Å². The van der Waals surface area contributed by atoms with Crippen molar-refractivity contribution in [3.8, 4) is 11.3 Å². The molecule has 1 N–H and O–H groups in total. The molecule has 3 aromatic heterocycles. The summed E-state index contributed by atoms with van der Waals surface area (Å²) in [4.78, 5) is 27.8. The molecule has 0 fully saturated rings. The summed E-state index contributed by atoms with van der Waals surface area (Å²) in [6.07, 6.45) is 6.77. The van der Waals surface area contributed by atoms with Gasteiger partial charge in [-0.1, -0.05) is 0 Å². The lowest BCUT2D eigenvalue weighted by atomic mass is 10.1. The smallest absolute Gasteiger partial charge is 0.267 e. The van der Waals surface area contributed by atoms with E-state index in [-0.39, 0.29) is 18.0 Å². The molecule has 0 aliphatic heterocycles. The van der Waals surface area contributed by atoms with Crippen LogP contribution in [0.2, 0.25) is 0 Å². The highest BCUT2D eigenvalue weighted by Gasteiger charge is 2.07. The normalized spacial score (nSPS) is 10.5. The van der Waals surface area contributed by atoms with Gasteiger partial charge in [-0.2, -0.15) is 10.2 Å². The van der Waals surface area contributed by atoms with Crippen molar-refractivity contribution in [2.45, 2.75) is 13.1 Å². The van der Waals surface area contributed by atoms with Gasteiger partial charge >= 0.3 is 0 Å². The van der Waals surface area contributed by atoms with Crippen molar-refractivity contribution < 1.29 is 4.79 Å². The highest BCUT2D eigenvalue weighted by atomic mass is 16.2. The van der Waals surface area contributed by atoms with Gasteiger partial charge in [-0.3, -0.25) is 19.3 Å². The SMILES string of the molecule is Cn1cc(-c2cc(CNC(=O)Cn3ncccc3=O)ccn2)cn1. The summed E-state index contributed by atoms with van der Waals surface area (Å²) >= 11 is 0. The molecule has 3 heterocycles. The summed E-state index contributed by atoms with van der Waals surface area (Å²) in [5.41, 5.74) is 2.29. The molecular weight excluding hydrogens is 308 g/mol. The van der Waals surface area contributed by atoms with Crippen LogP contribution in [0.4, 0.5) is 0 Å². The molecule has 8 heteroatoms. The molecule has 0 atom stereocenters. The molecule has 0 aromatic carbocycles. The second kappa shape index (κ2) is 6.86. The maximum Gasteiger partial charge on any atom is 0.267 e. The van der Waals surface area contributed by atoms with Gasteiger partial charge in [0.25, 0.3) is 5.56 Å². The van der Waals surface area contributed by atoms with Gasteiger partial charge in [0.2, 0.25) is 5.91 Å². The number of amides is 1. The van der Waals surface area contributed by atoms with Crippen LogP contribution in [0.1, 0.15) is 5.56 Å². The third-order valence-corrected chi connectivity index (χ3v) is 3.39. The van der Waals surface area contributed by atoms with Gasteiger partial charge in [0.15, 0.2) is 0 Å². The molecule has 0 saturated heterocycles. The number of rotatable bonds is 5. The molecule has 1 amide bonds. The Morgan fingerprint density at radius 1 is 1.25 bits per heavy atom. The van der Waals surface area contributed by atoms with E-state index in [2.05, 4.69) is 20.5 Å². The molecule has 0 aliphatic rings. The Bertz CT molecular complexity index is 914. The second-order valence-electron chi connectivity index (χ2n) is 5.25. The molecule has 122 valence electrons. The van der Waals surface area contributed by atoms with E-state index in [0.717, 1.165) is 21.5 Å². The first-order valence-electron chi connectivity index (χ1n) is 7.34. The molecule has 0 saturated carbocycles. The molecule has 8 nitrogen and oxygen atoms in total. The molecule has 0 radical (unpaired) electrons. The first-order valence-corrected chi connectivity index (χ1v) is 7.34. The Morgan fingerprint density at radius 3 is 2.88 bits per heavy atom. The van der Waals surface area contributed by atoms with Gasteiger partial charge in [0, 0.05) is 43.8 Å². The summed E-state index contributed by atoms with van der Waals surface area (Å²) < 4.78 is 2.82. The van der Waals surface area contributed by atoms with Gasteiger partial charge in [-0.25, -0.2) is 4.68 Å². The van der Waals surface area contributed by atoms with Gasteiger partial charge < -0.3 is 5.32 Å². The van der Waals surface area contributed by atoms with Crippen LogP contribution < -0.4 is 10.9 Å². The van der Waals surface area contributed by atoms with E-state index in [1.54, 1.807) is 17.1 Å². The molecule has 0 aliphatic carbocycles. The van der Waals surface area contributed by atoms with Crippen LogP contribution in [0.15, 0.2) is 53.8 Å². The van der Waals surface area contributed by atoms with Crippen molar-refractivity contribution in [2.75, 3.05) is 0 Å². The maximum absolute atomic E-state index is 12.0. The fourth-order valence-electron chi connectivity index (χ4n) is 2.19. The third kappa shape index (κ3) is 3.72. The van der Waals surface area contributed by atoms with E-state index < -0.39 is 0 Å². The van der Waals surface area contributed by atoms with Crippen LogP contribution >= 0.6 is 0 Å². The number of hydrogen-bond donors (Lipinski definition) is 1. The Kier molecular flexibility index (Phi) is 4.46. The predicted octanol–water partition coefficient (Wildman–Crippen LogP) is 0.355. The number of nitrogens with zero attached hydrogens (tertiary/aromatic N) is 5. The van der Waals surface area contributed by atoms with Crippen LogP contribution in [0.5, 0.6) is 0 Å². The quantitative estimate of drug-likeness (QED) is 0.731. The van der Waals surface area contributed by atoms with E-state index in [0.29, 0.717) is 6.54 Å².